The van der Waals surface area contributed by atoms with Crippen LogP contribution in [0.5, 0.6) is 0 Å². The van der Waals surface area contributed by atoms with Crippen LogP contribution in [0.2, 0.25) is 0 Å². The maximum atomic E-state index is 13.2. The number of anilines is 1. The molecule has 0 saturated carbocycles. The maximum Gasteiger partial charge on any atom is 0.271 e. The molecule has 8 nitrogen and oxygen atoms in total. The molecule has 0 fully saturated rings. The Bertz CT molecular complexity index is 1050. The van der Waals surface area contributed by atoms with Gasteiger partial charge >= 0.3 is 0 Å². The standard InChI is InChI=1S/C16H14FN5O3/c1-2-22-7-12(13(21-22)14(18)23)20-16(25)10-5-8-3-4-9(17)6-11(8)19-15(10)24/h3-7H,2H2,1H3,(H2,18,23)(H,19,24)(H,20,25). The smallest absolute Gasteiger partial charge is 0.271 e. The number of fused-ring (bicyclic) bond motifs is 1. The third-order valence-corrected chi connectivity index (χ3v) is 3.62. The highest BCUT2D eigenvalue weighted by molar-refractivity contribution is 6.08. The van der Waals surface area contributed by atoms with E-state index in [9.17, 15) is 18.8 Å². The van der Waals surface area contributed by atoms with E-state index in [2.05, 4.69) is 15.4 Å². The second kappa shape index (κ2) is 6.19. The summed E-state index contributed by atoms with van der Waals surface area (Å²) in [5, 5.41) is 6.91. The van der Waals surface area contributed by atoms with E-state index in [1.807, 2.05) is 0 Å². The van der Waals surface area contributed by atoms with Crippen LogP contribution in [0.4, 0.5) is 10.1 Å². The van der Waals surface area contributed by atoms with E-state index < -0.39 is 23.2 Å². The molecule has 128 valence electrons. The summed E-state index contributed by atoms with van der Waals surface area (Å²) in [4.78, 5) is 38.4. The number of pyridine rings is 1. The molecule has 2 heterocycles. The van der Waals surface area contributed by atoms with Gasteiger partial charge in [-0.2, -0.15) is 5.10 Å². The Hall–Kier alpha value is -3.49. The van der Waals surface area contributed by atoms with E-state index in [-0.39, 0.29) is 22.5 Å². The number of nitrogens with two attached hydrogens (primary N) is 1. The third-order valence-electron chi connectivity index (χ3n) is 3.62. The number of primary amides is 1. The van der Waals surface area contributed by atoms with Gasteiger partial charge in [-0.25, -0.2) is 4.39 Å². The molecule has 0 aliphatic carbocycles. The predicted octanol–water partition coefficient (Wildman–Crippen LogP) is 1.23. The number of benzene rings is 1. The Kier molecular flexibility index (Phi) is 4.05. The first-order chi connectivity index (χ1) is 11.9. The summed E-state index contributed by atoms with van der Waals surface area (Å²) in [6.45, 7) is 2.27. The van der Waals surface area contributed by atoms with Crippen molar-refractivity contribution in [2.24, 2.45) is 5.73 Å². The quantitative estimate of drug-likeness (QED) is 0.659. The molecular weight excluding hydrogens is 329 g/mol. The summed E-state index contributed by atoms with van der Waals surface area (Å²) in [5.74, 6) is -2.03. The fourth-order valence-corrected chi connectivity index (χ4v) is 2.39. The van der Waals surface area contributed by atoms with E-state index in [1.54, 1.807) is 6.92 Å². The van der Waals surface area contributed by atoms with Crippen molar-refractivity contribution in [2.75, 3.05) is 5.32 Å². The SMILES string of the molecule is CCn1cc(NC(=O)c2cc3ccc(F)cc3[nH]c2=O)c(C(N)=O)n1. The molecule has 0 radical (unpaired) electrons. The normalized spacial score (nSPS) is 10.8. The molecule has 9 heteroatoms. The molecule has 0 aliphatic rings. The monoisotopic (exact) mass is 343 g/mol. The average molecular weight is 343 g/mol. The van der Waals surface area contributed by atoms with Crippen LogP contribution in [-0.2, 0) is 6.54 Å². The Morgan fingerprint density at radius 3 is 2.80 bits per heavy atom. The van der Waals surface area contributed by atoms with Gasteiger partial charge in [0.25, 0.3) is 17.4 Å². The lowest BCUT2D eigenvalue weighted by Crippen LogP contribution is -2.24. The number of aryl methyl sites for hydroxylation is 1. The predicted molar refractivity (Wildman–Crippen MR) is 88.9 cm³/mol. The largest absolute Gasteiger partial charge is 0.364 e. The summed E-state index contributed by atoms with van der Waals surface area (Å²) in [6, 6.07) is 5.17. The molecule has 1 aromatic carbocycles. The van der Waals surface area contributed by atoms with Crippen molar-refractivity contribution in [2.45, 2.75) is 13.5 Å². The summed E-state index contributed by atoms with van der Waals surface area (Å²) < 4.78 is 14.7. The van der Waals surface area contributed by atoms with Crippen LogP contribution in [0.15, 0.2) is 35.3 Å². The molecule has 0 saturated heterocycles. The molecule has 25 heavy (non-hydrogen) atoms. The van der Waals surface area contributed by atoms with Crippen molar-refractivity contribution in [3.8, 4) is 0 Å². The Labute approximate surface area is 140 Å². The number of nitrogens with one attached hydrogen (secondary N) is 2. The lowest BCUT2D eigenvalue weighted by Gasteiger charge is -2.05. The van der Waals surface area contributed by atoms with E-state index in [1.165, 1.54) is 29.1 Å². The number of aromatic amines is 1. The van der Waals surface area contributed by atoms with Crippen molar-refractivity contribution < 1.29 is 14.0 Å². The minimum Gasteiger partial charge on any atom is -0.364 e. The zero-order valence-corrected chi connectivity index (χ0v) is 13.2. The second-order valence-corrected chi connectivity index (χ2v) is 5.31. The summed E-state index contributed by atoms with van der Waals surface area (Å²) in [6.07, 6.45) is 1.45. The third kappa shape index (κ3) is 3.11. The first-order valence-corrected chi connectivity index (χ1v) is 7.40. The number of carbonyl (C=O) groups is 2. The molecule has 2 amide bonds. The first-order valence-electron chi connectivity index (χ1n) is 7.40. The number of halogens is 1. The lowest BCUT2D eigenvalue weighted by atomic mass is 10.1. The average Bonchev–Trinajstić information content (AvgIpc) is 2.97. The molecule has 0 atom stereocenters. The van der Waals surface area contributed by atoms with Crippen LogP contribution < -0.4 is 16.6 Å². The summed E-state index contributed by atoms with van der Waals surface area (Å²) in [5.41, 5.74) is 4.67. The van der Waals surface area contributed by atoms with Crippen molar-refractivity contribution in [1.82, 2.24) is 14.8 Å². The Balaban J connectivity index is 1.99. The van der Waals surface area contributed by atoms with Gasteiger partial charge in [0.15, 0.2) is 5.69 Å². The Morgan fingerprint density at radius 1 is 1.36 bits per heavy atom. The number of nitrogens with zero attached hydrogens (tertiary/aromatic N) is 2. The highest BCUT2D eigenvalue weighted by Crippen LogP contribution is 2.16. The zero-order chi connectivity index (χ0) is 18.1. The number of carbonyl (C=O) groups excluding carboxylic acids is 2. The molecule has 3 aromatic rings. The molecule has 3 rings (SSSR count). The van der Waals surface area contributed by atoms with Crippen molar-refractivity contribution in [3.63, 3.8) is 0 Å². The van der Waals surface area contributed by atoms with Gasteiger partial charge in [0.2, 0.25) is 0 Å². The zero-order valence-electron chi connectivity index (χ0n) is 13.2. The minimum atomic E-state index is -0.801. The molecule has 0 bridgehead atoms. The highest BCUT2D eigenvalue weighted by Gasteiger charge is 2.19. The Morgan fingerprint density at radius 2 is 2.12 bits per heavy atom. The van der Waals surface area contributed by atoms with Gasteiger partial charge in [-0.1, -0.05) is 0 Å². The fraction of sp³-hybridized carbons (Fsp3) is 0.125. The van der Waals surface area contributed by atoms with Crippen molar-refractivity contribution in [3.05, 3.63) is 57.9 Å². The van der Waals surface area contributed by atoms with Crippen LogP contribution in [0, 0.1) is 5.82 Å². The van der Waals surface area contributed by atoms with Gasteiger partial charge in [-0.05, 0) is 36.6 Å². The van der Waals surface area contributed by atoms with Gasteiger partial charge in [-0.15, -0.1) is 0 Å². The van der Waals surface area contributed by atoms with Gasteiger partial charge in [0.1, 0.15) is 11.4 Å². The highest BCUT2D eigenvalue weighted by atomic mass is 19.1. The second-order valence-electron chi connectivity index (χ2n) is 5.31. The van der Waals surface area contributed by atoms with E-state index >= 15 is 0 Å². The maximum absolute atomic E-state index is 13.2. The van der Waals surface area contributed by atoms with Crippen molar-refractivity contribution >= 4 is 28.4 Å². The molecular formula is C16H14FN5O3. The fourth-order valence-electron chi connectivity index (χ4n) is 2.39. The number of amides is 2. The van der Waals surface area contributed by atoms with Gasteiger partial charge < -0.3 is 16.0 Å². The van der Waals surface area contributed by atoms with Crippen LogP contribution in [0.3, 0.4) is 0 Å². The van der Waals surface area contributed by atoms with Crippen LogP contribution in [-0.4, -0.2) is 26.6 Å². The van der Waals surface area contributed by atoms with Gasteiger partial charge in [0, 0.05) is 12.7 Å². The molecule has 0 spiro atoms. The number of hydrogen-bond acceptors (Lipinski definition) is 4. The number of H-pyrrole nitrogens is 1. The van der Waals surface area contributed by atoms with E-state index in [0.29, 0.717) is 11.9 Å². The topological polar surface area (TPSA) is 123 Å². The van der Waals surface area contributed by atoms with Gasteiger partial charge in [-0.3, -0.25) is 19.1 Å². The van der Waals surface area contributed by atoms with Crippen LogP contribution >= 0.6 is 0 Å². The first kappa shape index (κ1) is 16.4. The number of hydrogen-bond donors (Lipinski definition) is 3. The summed E-state index contributed by atoms with van der Waals surface area (Å²) in [7, 11) is 0. The van der Waals surface area contributed by atoms with E-state index in [4.69, 9.17) is 5.73 Å². The van der Waals surface area contributed by atoms with Crippen molar-refractivity contribution in [1.29, 1.82) is 0 Å². The summed E-state index contributed by atoms with van der Waals surface area (Å²) >= 11 is 0. The van der Waals surface area contributed by atoms with Crippen LogP contribution in [0.25, 0.3) is 10.9 Å². The molecule has 4 N–H and O–H groups in total. The molecule has 0 unspecified atom stereocenters. The molecule has 2 aromatic heterocycles. The number of rotatable bonds is 4. The molecule has 0 aliphatic heterocycles. The van der Waals surface area contributed by atoms with E-state index in [0.717, 1.165) is 6.07 Å². The van der Waals surface area contributed by atoms with Gasteiger partial charge in [0.05, 0.1) is 11.2 Å². The lowest BCUT2D eigenvalue weighted by molar-refractivity contribution is 0.0995. The van der Waals surface area contributed by atoms with Crippen LogP contribution in [0.1, 0.15) is 27.8 Å². The number of aromatic nitrogens is 3. The minimum absolute atomic E-state index is 0.102.